The maximum Gasteiger partial charge on any atom is 0.118 e. The number of phenolic OH excluding ortho intramolecular Hbond substituents is 1. The van der Waals surface area contributed by atoms with Gasteiger partial charge in [-0.15, -0.1) is 5.10 Å². The molecule has 0 amide bonds. The van der Waals surface area contributed by atoms with E-state index in [1.165, 1.54) is 0 Å². The minimum Gasteiger partial charge on any atom is -0.508 e. The minimum absolute atomic E-state index is 0.295. The molecule has 0 saturated carbocycles. The van der Waals surface area contributed by atoms with Gasteiger partial charge in [-0.1, -0.05) is 5.21 Å². The molecule has 2 aromatic rings. The zero-order valence-electron chi connectivity index (χ0n) is 7.18. The van der Waals surface area contributed by atoms with Crippen molar-refractivity contribution in [1.82, 2.24) is 15.0 Å². The Kier molecular flexibility index (Phi) is 1.73. The van der Waals surface area contributed by atoms with Gasteiger partial charge in [0.2, 0.25) is 0 Å². The third-order valence-electron chi connectivity index (χ3n) is 1.87. The van der Waals surface area contributed by atoms with Gasteiger partial charge < -0.3 is 5.11 Å². The van der Waals surface area contributed by atoms with Crippen molar-refractivity contribution in [1.29, 1.82) is 0 Å². The second kappa shape index (κ2) is 2.90. The molecule has 0 atom stereocenters. The van der Waals surface area contributed by atoms with E-state index in [1.54, 1.807) is 29.2 Å². The summed E-state index contributed by atoms with van der Waals surface area (Å²) in [6.45, 7) is 1.84. The van der Waals surface area contributed by atoms with Gasteiger partial charge in [0, 0.05) is 0 Å². The largest absolute Gasteiger partial charge is 0.508 e. The lowest BCUT2D eigenvalue weighted by atomic mass is 10.2. The fourth-order valence-electron chi connectivity index (χ4n) is 1.13. The van der Waals surface area contributed by atoms with Gasteiger partial charge in [0.05, 0.1) is 18.1 Å². The van der Waals surface area contributed by atoms with E-state index in [1.807, 2.05) is 13.0 Å². The van der Waals surface area contributed by atoms with Crippen LogP contribution in [-0.4, -0.2) is 20.1 Å². The second-order valence-electron chi connectivity index (χ2n) is 2.82. The Bertz CT molecular complexity index is 409. The highest BCUT2D eigenvalue weighted by molar-refractivity contribution is 5.41. The van der Waals surface area contributed by atoms with E-state index >= 15 is 0 Å². The molecule has 0 aliphatic heterocycles. The molecule has 1 aromatic carbocycles. The van der Waals surface area contributed by atoms with Gasteiger partial charge in [0.1, 0.15) is 5.75 Å². The Morgan fingerprint density at radius 3 is 2.85 bits per heavy atom. The van der Waals surface area contributed by atoms with Gasteiger partial charge in [-0.05, 0) is 30.7 Å². The molecule has 4 nitrogen and oxygen atoms in total. The van der Waals surface area contributed by atoms with Crippen LogP contribution < -0.4 is 0 Å². The van der Waals surface area contributed by atoms with Crippen LogP contribution in [0.25, 0.3) is 5.69 Å². The Morgan fingerprint density at radius 1 is 1.38 bits per heavy atom. The maximum atomic E-state index is 9.30. The van der Waals surface area contributed by atoms with Gasteiger partial charge in [0.25, 0.3) is 0 Å². The number of nitrogens with zero attached hydrogens (tertiary/aromatic N) is 3. The number of phenols is 1. The first-order chi connectivity index (χ1) is 6.27. The normalized spacial score (nSPS) is 10.2. The second-order valence-corrected chi connectivity index (χ2v) is 2.82. The van der Waals surface area contributed by atoms with Crippen LogP contribution in [0.1, 0.15) is 5.56 Å². The van der Waals surface area contributed by atoms with Crippen molar-refractivity contribution in [3.05, 3.63) is 36.2 Å². The smallest absolute Gasteiger partial charge is 0.118 e. The quantitative estimate of drug-likeness (QED) is 0.710. The number of hydrogen-bond donors (Lipinski definition) is 1. The zero-order chi connectivity index (χ0) is 9.26. The molecule has 0 spiro atoms. The van der Waals surface area contributed by atoms with Gasteiger partial charge in [-0.2, -0.15) is 0 Å². The summed E-state index contributed by atoms with van der Waals surface area (Å²) in [7, 11) is 0. The number of benzene rings is 1. The van der Waals surface area contributed by atoms with E-state index in [2.05, 4.69) is 10.3 Å². The van der Waals surface area contributed by atoms with E-state index in [4.69, 9.17) is 0 Å². The van der Waals surface area contributed by atoms with Crippen LogP contribution >= 0.6 is 0 Å². The van der Waals surface area contributed by atoms with Crippen molar-refractivity contribution in [2.24, 2.45) is 0 Å². The molecule has 0 aliphatic carbocycles. The highest BCUT2D eigenvalue weighted by atomic mass is 16.3. The number of aromatic hydroxyl groups is 1. The average molecular weight is 175 g/mol. The SMILES string of the molecule is Cc1cc(-n2ccnn2)ccc1O. The van der Waals surface area contributed by atoms with Gasteiger partial charge in [0.15, 0.2) is 0 Å². The maximum absolute atomic E-state index is 9.30. The summed E-state index contributed by atoms with van der Waals surface area (Å²) in [6, 6.07) is 5.29. The summed E-state index contributed by atoms with van der Waals surface area (Å²) in [5.74, 6) is 0.295. The summed E-state index contributed by atoms with van der Waals surface area (Å²) in [5, 5.41) is 16.8. The molecule has 0 radical (unpaired) electrons. The predicted molar refractivity (Wildman–Crippen MR) is 47.8 cm³/mol. The molecule has 0 saturated heterocycles. The summed E-state index contributed by atoms with van der Waals surface area (Å²) < 4.78 is 1.65. The molecule has 0 bridgehead atoms. The molecule has 0 unspecified atom stereocenters. The molecule has 1 aromatic heterocycles. The molecular weight excluding hydrogens is 166 g/mol. The summed E-state index contributed by atoms with van der Waals surface area (Å²) >= 11 is 0. The van der Waals surface area contributed by atoms with E-state index < -0.39 is 0 Å². The fourth-order valence-corrected chi connectivity index (χ4v) is 1.13. The van der Waals surface area contributed by atoms with Crippen molar-refractivity contribution >= 4 is 0 Å². The van der Waals surface area contributed by atoms with Crippen molar-refractivity contribution < 1.29 is 5.11 Å². The summed E-state index contributed by atoms with van der Waals surface area (Å²) in [5.41, 5.74) is 1.72. The summed E-state index contributed by atoms with van der Waals surface area (Å²) in [6.07, 6.45) is 3.37. The number of aryl methyl sites for hydroxylation is 1. The predicted octanol–water partition coefficient (Wildman–Crippen LogP) is 1.28. The molecule has 66 valence electrons. The Labute approximate surface area is 75.4 Å². The first-order valence-corrected chi connectivity index (χ1v) is 3.93. The van der Waals surface area contributed by atoms with Crippen LogP contribution in [0.5, 0.6) is 5.75 Å². The minimum atomic E-state index is 0.295. The first-order valence-electron chi connectivity index (χ1n) is 3.93. The molecule has 1 N–H and O–H groups in total. The third kappa shape index (κ3) is 1.38. The van der Waals surface area contributed by atoms with E-state index in [0.29, 0.717) is 5.75 Å². The lowest BCUT2D eigenvalue weighted by Gasteiger charge is -2.02. The first kappa shape index (κ1) is 7.79. The highest BCUT2D eigenvalue weighted by Gasteiger charge is 1.99. The lowest BCUT2D eigenvalue weighted by molar-refractivity contribution is 0.471. The van der Waals surface area contributed by atoms with Gasteiger partial charge in [-0.3, -0.25) is 0 Å². The van der Waals surface area contributed by atoms with Crippen molar-refractivity contribution in [2.75, 3.05) is 0 Å². The van der Waals surface area contributed by atoms with Crippen LogP contribution in [0.2, 0.25) is 0 Å². The Balaban J connectivity index is 2.49. The number of rotatable bonds is 1. The molecule has 13 heavy (non-hydrogen) atoms. The molecule has 4 heteroatoms. The van der Waals surface area contributed by atoms with Crippen LogP contribution in [0.4, 0.5) is 0 Å². The van der Waals surface area contributed by atoms with Crippen LogP contribution in [0.3, 0.4) is 0 Å². The van der Waals surface area contributed by atoms with E-state index in [-0.39, 0.29) is 0 Å². The zero-order valence-corrected chi connectivity index (χ0v) is 7.18. The lowest BCUT2D eigenvalue weighted by Crippen LogP contribution is -1.95. The fraction of sp³-hybridized carbons (Fsp3) is 0.111. The Morgan fingerprint density at radius 2 is 2.23 bits per heavy atom. The van der Waals surface area contributed by atoms with Crippen LogP contribution in [-0.2, 0) is 0 Å². The van der Waals surface area contributed by atoms with Crippen molar-refractivity contribution in [3.63, 3.8) is 0 Å². The van der Waals surface area contributed by atoms with Gasteiger partial charge >= 0.3 is 0 Å². The molecule has 2 rings (SSSR count). The van der Waals surface area contributed by atoms with Crippen molar-refractivity contribution in [3.8, 4) is 11.4 Å². The van der Waals surface area contributed by atoms with Gasteiger partial charge in [-0.25, -0.2) is 4.68 Å². The molecule has 0 fully saturated rings. The standard InChI is InChI=1S/C9H9N3O/c1-7-6-8(2-3-9(7)13)12-5-4-10-11-12/h2-6,13H,1H3. The van der Waals surface area contributed by atoms with Crippen LogP contribution in [0, 0.1) is 6.92 Å². The van der Waals surface area contributed by atoms with Crippen molar-refractivity contribution in [2.45, 2.75) is 6.92 Å². The molecule has 1 heterocycles. The number of aromatic nitrogens is 3. The van der Waals surface area contributed by atoms with E-state index in [9.17, 15) is 5.11 Å². The topological polar surface area (TPSA) is 50.9 Å². The Hall–Kier alpha value is -1.84. The third-order valence-corrected chi connectivity index (χ3v) is 1.87. The van der Waals surface area contributed by atoms with E-state index in [0.717, 1.165) is 11.3 Å². The average Bonchev–Trinajstić information content (AvgIpc) is 2.62. The monoisotopic (exact) mass is 175 g/mol. The molecular formula is C9H9N3O. The summed E-state index contributed by atoms with van der Waals surface area (Å²) in [4.78, 5) is 0. The molecule has 0 aliphatic rings. The van der Waals surface area contributed by atoms with Crippen LogP contribution in [0.15, 0.2) is 30.6 Å². The highest BCUT2D eigenvalue weighted by Crippen LogP contribution is 2.18. The number of hydrogen-bond acceptors (Lipinski definition) is 3.